The van der Waals surface area contributed by atoms with Crippen LogP contribution in [0.1, 0.15) is 10.4 Å². The van der Waals surface area contributed by atoms with Crippen LogP contribution in [0.5, 0.6) is 5.75 Å². The Labute approximate surface area is 125 Å². The maximum atomic E-state index is 14.3. The number of carbonyl (C=O) groups excluding carboxylic acids is 3. The topological polar surface area (TPSA) is 90.9 Å². The molecule has 1 heterocycles. The van der Waals surface area contributed by atoms with E-state index >= 15 is 0 Å². The summed E-state index contributed by atoms with van der Waals surface area (Å²) in [7, 11) is -0.437. The summed E-state index contributed by atoms with van der Waals surface area (Å²) in [4.78, 5) is 34.7. The van der Waals surface area contributed by atoms with Crippen molar-refractivity contribution >= 4 is 24.8 Å². The van der Waals surface area contributed by atoms with Crippen molar-refractivity contribution in [2.75, 3.05) is 20.2 Å². The molecule has 1 saturated heterocycles. The Morgan fingerprint density at radius 2 is 1.77 bits per heavy atom. The van der Waals surface area contributed by atoms with Gasteiger partial charge in [-0.1, -0.05) is 0 Å². The van der Waals surface area contributed by atoms with E-state index in [0.717, 1.165) is 0 Å². The van der Waals surface area contributed by atoms with Crippen LogP contribution >= 0.6 is 0 Å². The third-order valence-corrected chi connectivity index (χ3v) is 2.90. The van der Waals surface area contributed by atoms with E-state index in [1.54, 1.807) is 0 Å². The highest BCUT2D eigenvalue weighted by molar-refractivity contribution is 6.56. The van der Waals surface area contributed by atoms with Gasteiger partial charge < -0.3 is 14.0 Å². The van der Waals surface area contributed by atoms with Crippen LogP contribution in [-0.2, 0) is 18.9 Å². The molecule has 1 unspecified atom stereocenters. The second kappa shape index (κ2) is 7.03. The Hall–Kier alpha value is -2.42. The van der Waals surface area contributed by atoms with Crippen molar-refractivity contribution in [1.82, 2.24) is 5.32 Å². The monoisotopic (exact) mass is 309 g/mol. The molecule has 0 amide bonds. The normalized spacial score (nSPS) is 16.9. The smallest absolute Gasteiger partial charge is 0.497 e. The van der Waals surface area contributed by atoms with Crippen molar-refractivity contribution in [3.63, 3.8) is 0 Å². The number of halogens is 1. The highest BCUT2D eigenvalue weighted by Crippen LogP contribution is 2.16. The van der Waals surface area contributed by atoms with E-state index in [9.17, 15) is 18.8 Å². The molecule has 9 heteroatoms. The number of rotatable bonds is 4. The molecule has 1 aliphatic heterocycles. The molecule has 2 rings (SSSR count). The average Bonchev–Trinajstić information content (AvgIpc) is 2.51. The molecule has 1 N–H and O–H groups in total. The SMILES string of the molecule is COc1ccc(C(=O)C(F)B2OC(=O)CNCC(=O)O2)cc1. The molecule has 22 heavy (non-hydrogen) atoms. The number of benzene rings is 1. The van der Waals surface area contributed by atoms with Crippen LogP contribution in [0, 0.1) is 0 Å². The number of carbonyl (C=O) groups is 3. The summed E-state index contributed by atoms with van der Waals surface area (Å²) in [6.07, 6.45) is -2.31. The maximum Gasteiger partial charge on any atom is 0.644 e. The third-order valence-electron chi connectivity index (χ3n) is 2.90. The van der Waals surface area contributed by atoms with Gasteiger partial charge >= 0.3 is 19.1 Å². The number of hydrogen-bond acceptors (Lipinski definition) is 7. The molecule has 1 aromatic carbocycles. The summed E-state index contributed by atoms with van der Waals surface area (Å²) in [6.45, 7) is -0.538. The Balaban J connectivity index is 2.12. The zero-order valence-electron chi connectivity index (χ0n) is 11.7. The Kier molecular flexibility index (Phi) is 5.10. The van der Waals surface area contributed by atoms with Crippen LogP contribution in [0.15, 0.2) is 24.3 Å². The molecule has 0 radical (unpaired) electrons. The summed E-state index contributed by atoms with van der Waals surface area (Å²) in [5, 5.41) is 2.45. The van der Waals surface area contributed by atoms with Gasteiger partial charge in [0.25, 0.3) is 0 Å². The summed E-state index contributed by atoms with van der Waals surface area (Å²) in [6, 6.07) is 5.70. The molecular weight excluding hydrogens is 296 g/mol. The van der Waals surface area contributed by atoms with Crippen LogP contribution in [0.4, 0.5) is 4.39 Å². The molecule has 0 spiro atoms. The van der Waals surface area contributed by atoms with Gasteiger partial charge in [0.1, 0.15) is 5.75 Å². The first kappa shape index (κ1) is 16.0. The lowest BCUT2D eigenvalue weighted by atomic mass is 9.77. The second-order valence-electron chi connectivity index (χ2n) is 4.45. The Morgan fingerprint density at radius 1 is 1.23 bits per heavy atom. The molecule has 1 aromatic rings. The first-order chi connectivity index (χ1) is 10.5. The third kappa shape index (κ3) is 3.82. The van der Waals surface area contributed by atoms with E-state index in [0.29, 0.717) is 5.75 Å². The minimum absolute atomic E-state index is 0.0422. The largest absolute Gasteiger partial charge is 0.644 e. The van der Waals surface area contributed by atoms with Crippen molar-refractivity contribution in [2.45, 2.75) is 6.07 Å². The first-order valence-electron chi connectivity index (χ1n) is 6.43. The number of methoxy groups -OCH3 is 1. The molecule has 1 aliphatic rings. The molecular formula is C13H13BFNO6. The van der Waals surface area contributed by atoms with Gasteiger partial charge in [0.2, 0.25) is 6.07 Å². The van der Waals surface area contributed by atoms with E-state index < -0.39 is 30.9 Å². The van der Waals surface area contributed by atoms with Crippen LogP contribution < -0.4 is 10.1 Å². The summed E-state index contributed by atoms with van der Waals surface area (Å²) >= 11 is 0. The number of ketones is 1. The summed E-state index contributed by atoms with van der Waals surface area (Å²) in [5.74, 6) is -2.09. The van der Waals surface area contributed by atoms with Gasteiger partial charge in [-0.15, -0.1) is 0 Å². The maximum absolute atomic E-state index is 14.3. The predicted molar refractivity (Wildman–Crippen MR) is 73.0 cm³/mol. The number of Topliss-reactive ketones (excluding diaryl/α,β-unsaturated/α-hetero) is 1. The van der Waals surface area contributed by atoms with E-state index in [1.807, 2.05) is 0 Å². The molecule has 7 nitrogen and oxygen atoms in total. The standard InChI is InChI=1S/C13H13BFNO6/c1-20-9-4-2-8(3-5-9)12(19)13(15)14-21-10(17)6-16-7-11(18)22-14/h2-5,13,16H,6-7H2,1H3. The van der Waals surface area contributed by atoms with Gasteiger partial charge in [-0.3, -0.25) is 19.7 Å². The highest BCUT2D eigenvalue weighted by atomic mass is 19.1. The predicted octanol–water partition coefficient (Wildman–Crippen LogP) is -0.0670. The van der Waals surface area contributed by atoms with Crippen LogP contribution in [-0.4, -0.2) is 51.1 Å². The van der Waals surface area contributed by atoms with Crippen molar-refractivity contribution in [1.29, 1.82) is 0 Å². The van der Waals surface area contributed by atoms with E-state index in [4.69, 9.17) is 4.74 Å². The average molecular weight is 309 g/mol. The van der Waals surface area contributed by atoms with Gasteiger partial charge in [0.05, 0.1) is 20.2 Å². The Morgan fingerprint density at radius 3 is 2.27 bits per heavy atom. The number of alkyl halides is 1. The highest BCUT2D eigenvalue weighted by Gasteiger charge is 2.44. The zero-order chi connectivity index (χ0) is 16.1. The minimum Gasteiger partial charge on any atom is -0.497 e. The molecule has 1 fully saturated rings. The zero-order valence-corrected chi connectivity index (χ0v) is 11.7. The van der Waals surface area contributed by atoms with Gasteiger partial charge in [-0.05, 0) is 24.3 Å². The van der Waals surface area contributed by atoms with E-state index in [-0.39, 0.29) is 18.7 Å². The lowest BCUT2D eigenvalue weighted by Crippen LogP contribution is -2.48. The fraction of sp³-hybridized carbons (Fsp3) is 0.308. The van der Waals surface area contributed by atoms with Gasteiger partial charge in [-0.2, -0.15) is 0 Å². The lowest BCUT2D eigenvalue weighted by molar-refractivity contribution is -0.142. The fourth-order valence-corrected chi connectivity index (χ4v) is 1.79. The van der Waals surface area contributed by atoms with Gasteiger partial charge in [0.15, 0.2) is 5.78 Å². The molecule has 0 bridgehead atoms. The van der Waals surface area contributed by atoms with Crippen LogP contribution in [0.2, 0.25) is 0 Å². The van der Waals surface area contributed by atoms with E-state index in [1.165, 1.54) is 31.4 Å². The van der Waals surface area contributed by atoms with E-state index in [2.05, 4.69) is 14.6 Å². The molecule has 0 aromatic heterocycles. The molecule has 116 valence electrons. The number of ether oxygens (including phenoxy) is 1. The summed E-state index contributed by atoms with van der Waals surface area (Å²) < 4.78 is 28.5. The number of nitrogens with one attached hydrogen (secondary N) is 1. The van der Waals surface area contributed by atoms with Crippen molar-refractivity contribution in [3.05, 3.63) is 29.8 Å². The first-order valence-corrected chi connectivity index (χ1v) is 6.43. The Bertz CT molecular complexity index is 560. The lowest BCUT2D eigenvalue weighted by Gasteiger charge is -2.19. The summed E-state index contributed by atoms with van der Waals surface area (Å²) in [5.41, 5.74) is 0.0422. The van der Waals surface area contributed by atoms with Crippen LogP contribution in [0.3, 0.4) is 0 Å². The fourth-order valence-electron chi connectivity index (χ4n) is 1.79. The van der Waals surface area contributed by atoms with Gasteiger partial charge in [-0.25, -0.2) is 4.39 Å². The molecule has 0 aliphatic carbocycles. The van der Waals surface area contributed by atoms with Crippen molar-refractivity contribution < 1.29 is 32.8 Å². The van der Waals surface area contributed by atoms with Crippen LogP contribution in [0.25, 0.3) is 0 Å². The van der Waals surface area contributed by atoms with Crippen molar-refractivity contribution in [3.8, 4) is 5.75 Å². The molecule has 1 atom stereocenters. The van der Waals surface area contributed by atoms with Crippen molar-refractivity contribution in [2.24, 2.45) is 0 Å². The minimum atomic E-state index is -2.31. The van der Waals surface area contributed by atoms with Gasteiger partial charge in [0, 0.05) is 5.56 Å². The second-order valence-corrected chi connectivity index (χ2v) is 4.45. The molecule has 0 saturated carbocycles. The quantitative estimate of drug-likeness (QED) is 0.615. The number of hydrogen-bond donors (Lipinski definition) is 1.